The topological polar surface area (TPSA) is 41.5 Å². The van der Waals surface area contributed by atoms with E-state index in [1.807, 2.05) is 0 Å². The molecule has 0 aliphatic carbocycles. The Bertz CT molecular complexity index is 133. The molecule has 1 rings (SSSR count). The molecule has 0 spiro atoms. The minimum absolute atomic E-state index is 0.223. The highest BCUT2D eigenvalue weighted by Crippen LogP contribution is 2.16. The summed E-state index contributed by atoms with van der Waals surface area (Å²) in [5.74, 6) is 1.14. The zero-order valence-corrected chi connectivity index (χ0v) is 8.62. The molecule has 3 nitrogen and oxygen atoms in total. The molecule has 78 valence electrons. The molecule has 0 aromatic rings. The lowest BCUT2D eigenvalue weighted by Crippen LogP contribution is -2.41. The van der Waals surface area contributed by atoms with E-state index in [9.17, 15) is 5.11 Å². The summed E-state index contributed by atoms with van der Waals surface area (Å²) in [7, 11) is 0. The quantitative estimate of drug-likeness (QED) is 0.663. The van der Waals surface area contributed by atoms with Crippen molar-refractivity contribution in [3.05, 3.63) is 0 Å². The molecule has 2 atom stereocenters. The summed E-state index contributed by atoms with van der Waals surface area (Å²) in [4.78, 5) is 0. The van der Waals surface area contributed by atoms with Crippen LogP contribution in [0.3, 0.4) is 0 Å². The highest BCUT2D eigenvalue weighted by molar-refractivity contribution is 4.78. The van der Waals surface area contributed by atoms with Crippen LogP contribution < -0.4 is 5.32 Å². The van der Waals surface area contributed by atoms with Crippen LogP contribution >= 0.6 is 0 Å². The molecule has 3 heteroatoms. The molecular formula is C10H21NO2. The number of aliphatic hydroxyl groups is 1. The lowest BCUT2D eigenvalue weighted by Gasteiger charge is -2.22. The summed E-state index contributed by atoms with van der Waals surface area (Å²) < 4.78 is 5.30. The summed E-state index contributed by atoms with van der Waals surface area (Å²) in [5.41, 5.74) is 0. The Hall–Kier alpha value is -0.120. The molecule has 0 bridgehead atoms. The van der Waals surface area contributed by atoms with Gasteiger partial charge in [-0.1, -0.05) is 13.8 Å². The van der Waals surface area contributed by atoms with Gasteiger partial charge in [-0.3, -0.25) is 0 Å². The van der Waals surface area contributed by atoms with Gasteiger partial charge in [0.2, 0.25) is 0 Å². The van der Waals surface area contributed by atoms with E-state index in [1.165, 1.54) is 0 Å². The van der Waals surface area contributed by atoms with Gasteiger partial charge in [-0.05, 0) is 18.9 Å². The molecule has 13 heavy (non-hydrogen) atoms. The number of nitrogens with one attached hydrogen (secondary N) is 1. The monoisotopic (exact) mass is 187 g/mol. The van der Waals surface area contributed by atoms with Crippen molar-refractivity contribution >= 4 is 0 Å². The van der Waals surface area contributed by atoms with Crippen molar-refractivity contribution in [1.82, 2.24) is 5.32 Å². The van der Waals surface area contributed by atoms with Crippen molar-refractivity contribution in [2.24, 2.45) is 11.8 Å². The highest BCUT2D eigenvalue weighted by Gasteiger charge is 2.24. The Morgan fingerprint density at radius 1 is 1.54 bits per heavy atom. The Morgan fingerprint density at radius 3 is 2.77 bits per heavy atom. The fourth-order valence-electron chi connectivity index (χ4n) is 1.64. The molecule has 0 saturated carbocycles. The van der Waals surface area contributed by atoms with Crippen molar-refractivity contribution in [2.75, 3.05) is 26.4 Å². The summed E-state index contributed by atoms with van der Waals surface area (Å²) in [6, 6.07) is 0.227. The maximum absolute atomic E-state index is 9.18. The number of hydrogen-bond donors (Lipinski definition) is 2. The van der Waals surface area contributed by atoms with Crippen LogP contribution in [0.5, 0.6) is 0 Å². The second kappa shape index (κ2) is 5.58. The maximum Gasteiger partial charge on any atom is 0.0588 e. The van der Waals surface area contributed by atoms with Crippen LogP contribution in [0.2, 0.25) is 0 Å². The van der Waals surface area contributed by atoms with E-state index in [2.05, 4.69) is 19.2 Å². The maximum atomic E-state index is 9.18. The second-order valence-corrected chi connectivity index (χ2v) is 4.21. The molecule has 2 N–H and O–H groups in total. The van der Waals surface area contributed by atoms with Crippen LogP contribution in [0.4, 0.5) is 0 Å². The van der Waals surface area contributed by atoms with Gasteiger partial charge in [0, 0.05) is 18.6 Å². The van der Waals surface area contributed by atoms with Crippen LogP contribution in [0.15, 0.2) is 0 Å². The average Bonchev–Trinajstić information content (AvgIpc) is 2.58. The molecule has 1 aliphatic heterocycles. The molecule has 1 aliphatic rings. The van der Waals surface area contributed by atoms with Crippen LogP contribution in [-0.4, -0.2) is 37.5 Å². The molecule has 1 fully saturated rings. The summed E-state index contributed by atoms with van der Waals surface area (Å²) >= 11 is 0. The minimum atomic E-state index is 0.223. The van der Waals surface area contributed by atoms with Gasteiger partial charge >= 0.3 is 0 Å². The third-order valence-corrected chi connectivity index (χ3v) is 2.52. The molecular weight excluding hydrogens is 166 g/mol. The van der Waals surface area contributed by atoms with Gasteiger partial charge < -0.3 is 15.2 Å². The Balaban J connectivity index is 2.24. The summed E-state index contributed by atoms with van der Waals surface area (Å²) in [6.07, 6.45) is 1.08. The van der Waals surface area contributed by atoms with Crippen LogP contribution in [0.1, 0.15) is 20.3 Å². The van der Waals surface area contributed by atoms with E-state index in [0.717, 1.165) is 26.2 Å². The highest BCUT2D eigenvalue weighted by atomic mass is 16.5. The predicted octanol–water partition coefficient (Wildman–Crippen LogP) is 0.629. The zero-order valence-electron chi connectivity index (χ0n) is 8.62. The molecule has 1 heterocycles. The summed E-state index contributed by atoms with van der Waals surface area (Å²) in [5, 5.41) is 12.6. The van der Waals surface area contributed by atoms with E-state index in [0.29, 0.717) is 11.8 Å². The first-order valence-electron chi connectivity index (χ1n) is 5.16. The standard InChI is InChI=1S/C10H21NO2/c1-8(2)5-11-10(6-12)9-3-4-13-7-9/h8-12H,3-7H2,1-2H3. The third-order valence-electron chi connectivity index (χ3n) is 2.52. The fraction of sp³-hybridized carbons (Fsp3) is 1.00. The third kappa shape index (κ3) is 3.63. The van der Waals surface area contributed by atoms with E-state index in [1.54, 1.807) is 0 Å². The van der Waals surface area contributed by atoms with Crippen molar-refractivity contribution in [3.63, 3.8) is 0 Å². The van der Waals surface area contributed by atoms with Crippen LogP contribution in [-0.2, 0) is 4.74 Å². The van der Waals surface area contributed by atoms with Gasteiger partial charge in [-0.25, -0.2) is 0 Å². The van der Waals surface area contributed by atoms with Crippen molar-refractivity contribution in [3.8, 4) is 0 Å². The SMILES string of the molecule is CC(C)CNC(CO)C1CCOC1. The van der Waals surface area contributed by atoms with Gasteiger partial charge in [-0.15, -0.1) is 0 Å². The zero-order chi connectivity index (χ0) is 9.68. The van der Waals surface area contributed by atoms with E-state index in [-0.39, 0.29) is 12.6 Å². The fourth-order valence-corrected chi connectivity index (χ4v) is 1.64. The van der Waals surface area contributed by atoms with Crippen LogP contribution in [0, 0.1) is 11.8 Å². The Morgan fingerprint density at radius 2 is 2.31 bits per heavy atom. The van der Waals surface area contributed by atoms with Gasteiger partial charge in [-0.2, -0.15) is 0 Å². The number of rotatable bonds is 5. The second-order valence-electron chi connectivity index (χ2n) is 4.21. The number of ether oxygens (including phenoxy) is 1. The Labute approximate surface area is 80.5 Å². The smallest absolute Gasteiger partial charge is 0.0588 e. The predicted molar refractivity (Wildman–Crippen MR) is 52.6 cm³/mol. The van der Waals surface area contributed by atoms with Crippen molar-refractivity contribution in [1.29, 1.82) is 0 Å². The first-order chi connectivity index (χ1) is 6.24. The number of hydrogen-bond acceptors (Lipinski definition) is 3. The van der Waals surface area contributed by atoms with E-state index >= 15 is 0 Å². The van der Waals surface area contributed by atoms with Crippen LogP contribution in [0.25, 0.3) is 0 Å². The molecule has 1 saturated heterocycles. The molecule has 0 amide bonds. The van der Waals surface area contributed by atoms with E-state index in [4.69, 9.17) is 4.74 Å². The lowest BCUT2D eigenvalue weighted by atomic mass is 9.99. The minimum Gasteiger partial charge on any atom is -0.395 e. The molecule has 0 radical (unpaired) electrons. The largest absolute Gasteiger partial charge is 0.395 e. The lowest BCUT2D eigenvalue weighted by molar-refractivity contribution is 0.152. The van der Waals surface area contributed by atoms with E-state index < -0.39 is 0 Å². The molecule has 2 unspecified atom stereocenters. The van der Waals surface area contributed by atoms with Gasteiger partial charge in [0.25, 0.3) is 0 Å². The first kappa shape index (κ1) is 11.0. The first-order valence-corrected chi connectivity index (χ1v) is 5.16. The molecule has 0 aromatic carbocycles. The van der Waals surface area contributed by atoms with Gasteiger partial charge in [0.15, 0.2) is 0 Å². The average molecular weight is 187 g/mol. The molecule has 0 aromatic heterocycles. The summed E-state index contributed by atoms with van der Waals surface area (Å²) in [6.45, 7) is 7.20. The van der Waals surface area contributed by atoms with Gasteiger partial charge in [0.1, 0.15) is 0 Å². The number of aliphatic hydroxyl groups excluding tert-OH is 1. The van der Waals surface area contributed by atoms with Crippen molar-refractivity contribution in [2.45, 2.75) is 26.3 Å². The van der Waals surface area contributed by atoms with Gasteiger partial charge in [0.05, 0.1) is 13.2 Å². The Kier molecular flexibility index (Phi) is 4.70. The van der Waals surface area contributed by atoms with Crippen molar-refractivity contribution < 1.29 is 9.84 Å². The normalized spacial score (nSPS) is 25.4.